The third-order valence-electron chi connectivity index (χ3n) is 6.94. The van der Waals surface area contributed by atoms with Gasteiger partial charge in [-0.2, -0.15) is 0 Å². The number of hydrogen-bond acceptors (Lipinski definition) is 7. The Morgan fingerprint density at radius 2 is 1.68 bits per heavy atom. The molecule has 7 nitrogen and oxygen atoms in total. The zero-order chi connectivity index (χ0) is 28.8. The molecule has 2 aliphatic rings. The predicted molar refractivity (Wildman–Crippen MR) is 162 cm³/mol. The summed E-state index contributed by atoms with van der Waals surface area (Å²) < 4.78 is 11.6. The van der Waals surface area contributed by atoms with Crippen molar-refractivity contribution in [2.24, 2.45) is 4.99 Å². The largest absolute Gasteiger partial charge is 0.489 e. The highest BCUT2D eigenvalue weighted by molar-refractivity contribution is 8.16. The maximum atomic E-state index is 13.4. The maximum Gasteiger partial charge on any atom is 0.338 e. The van der Waals surface area contributed by atoms with Crippen molar-refractivity contribution in [3.8, 4) is 5.75 Å². The summed E-state index contributed by atoms with van der Waals surface area (Å²) in [6.45, 7) is 4.80. The molecule has 2 heterocycles. The van der Waals surface area contributed by atoms with Crippen molar-refractivity contribution >= 4 is 28.8 Å². The van der Waals surface area contributed by atoms with Crippen LogP contribution in [0.15, 0.2) is 112 Å². The molecule has 0 spiro atoms. The number of fused-ring (bicyclic) bond motifs is 1. The van der Waals surface area contributed by atoms with E-state index < -0.39 is 12.0 Å². The van der Waals surface area contributed by atoms with E-state index in [9.17, 15) is 9.59 Å². The average Bonchev–Trinajstić information content (AvgIpc) is 3.38. The molecule has 5 rings (SSSR count). The Bertz CT molecular complexity index is 1500. The Balaban J connectivity index is 1.43. The molecule has 0 aromatic heterocycles. The van der Waals surface area contributed by atoms with E-state index in [4.69, 9.17) is 14.5 Å². The first-order valence-corrected chi connectivity index (χ1v) is 14.5. The van der Waals surface area contributed by atoms with Crippen LogP contribution in [0.2, 0.25) is 0 Å². The lowest BCUT2D eigenvalue weighted by molar-refractivity contribution is -0.139. The van der Waals surface area contributed by atoms with Gasteiger partial charge in [-0.15, -0.1) is 0 Å². The summed E-state index contributed by atoms with van der Waals surface area (Å²) in [7, 11) is 1.81. The van der Waals surface area contributed by atoms with Crippen LogP contribution in [0.5, 0.6) is 5.75 Å². The minimum absolute atomic E-state index is 0.0235. The number of thioether (sulfide) groups is 1. The fourth-order valence-electron chi connectivity index (χ4n) is 4.91. The van der Waals surface area contributed by atoms with Crippen molar-refractivity contribution in [3.05, 3.63) is 124 Å². The molecule has 0 saturated carbocycles. The minimum Gasteiger partial charge on any atom is -0.489 e. The third kappa shape index (κ3) is 6.55. The van der Waals surface area contributed by atoms with Crippen LogP contribution in [0.1, 0.15) is 43.0 Å². The summed E-state index contributed by atoms with van der Waals surface area (Å²) in [6, 6.07) is 27.1. The fraction of sp³-hybridized carbons (Fsp3) is 0.242. The molecule has 1 atom stereocenters. The topological polar surface area (TPSA) is 71.4 Å². The number of aliphatic imine (C=N–C) groups is 1. The number of rotatable bonds is 10. The Kier molecular flexibility index (Phi) is 8.89. The van der Waals surface area contributed by atoms with Crippen LogP contribution < -0.4 is 4.74 Å². The molecule has 41 heavy (non-hydrogen) atoms. The first-order chi connectivity index (χ1) is 19.9. The number of ether oxygens (including phenoxy) is 2. The molecule has 8 heteroatoms. The van der Waals surface area contributed by atoms with Gasteiger partial charge < -0.3 is 19.3 Å². The number of amidine groups is 1. The number of hydrogen-bond donors (Lipinski definition) is 0. The lowest BCUT2D eigenvalue weighted by Crippen LogP contribution is -2.38. The molecular formula is C33H33N3O4S. The minimum atomic E-state index is -0.518. The summed E-state index contributed by atoms with van der Waals surface area (Å²) in [6.07, 6.45) is 0.172. The van der Waals surface area contributed by atoms with Gasteiger partial charge in [0.2, 0.25) is 5.91 Å². The van der Waals surface area contributed by atoms with Gasteiger partial charge in [-0.1, -0.05) is 84.6 Å². The van der Waals surface area contributed by atoms with Crippen LogP contribution in [0.3, 0.4) is 0 Å². The Labute approximate surface area is 245 Å². The van der Waals surface area contributed by atoms with Crippen molar-refractivity contribution in [1.82, 2.24) is 9.80 Å². The normalized spacial score (nSPS) is 16.1. The zero-order valence-corrected chi connectivity index (χ0v) is 24.3. The van der Waals surface area contributed by atoms with Gasteiger partial charge in [-0.05, 0) is 48.1 Å². The predicted octanol–water partition coefficient (Wildman–Crippen LogP) is 6.45. The van der Waals surface area contributed by atoms with Crippen LogP contribution in [0, 0.1) is 0 Å². The molecule has 0 radical (unpaired) electrons. The summed E-state index contributed by atoms with van der Waals surface area (Å²) in [5.41, 5.74) is 4.82. The van der Waals surface area contributed by atoms with Gasteiger partial charge in [0.15, 0.2) is 5.17 Å². The summed E-state index contributed by atoms with van der Waals surface area (Å²) in [4.78, 5) is 35.1. The molecule has 3 aromatic carbocycles. The highest BCUT2D eigenvalue weighted by Gasteiger charge is 2.41. The van der Waals surface area contributed by atoms with Crippen molar-refractivity contribution < 1.29 is 19.1 Å². The van der Waals surface area contributed by atoms with Gasteiger partial charge in [-0.25, -0.2) is 9.79 Å². The highest BCUT2D eigenvalue weighted by Crippen LogP contribution is 2.45. The molecular weight excluding hydrogens is 534 g/mol. The highest BCUT2D eigenvalue weighted by atomic mass is 32.2. The molecule has 1 amide bonds. The lowest BCUT2D eigenvalue weighted by Gasteiger charge is -2.36. The van der Waals surface area contributed by atoms with Crippen molar-refractivity contribution in [3.63, 3.8) is 0 Å². The van der Waals surface area contributed by atoms with Crippen LogP contribution in [-0.4, -0.2) is 40.5 Å². The molecule has 210 valence electrons. The number of esters is 1. The molecule has 0 fully saturated rings. The fourth-order valence-corrected chi connectivity index (χ4v) is 5.87. The van der Waals surface area contributed by atoms with Crippen LogP contribution in [-0.2, 0) is 27.5 Å². The molecule has 0 aliphatic carbocycles. The lowest BCUT2D eigenvalue weighted by atomic mass is 9.93. The number of allylic oxidation sites excluding steroid dienone is 1. The smallest absolute Gasteiger partial charge is 0.338 e. The second-order valence-corrected chi connectivity index (χ2v) is 10.7. The van der Waals surface area contributed by atoms with Gasteiger partial charge >= 0.3 is 5.97 Å². The summed E-state index contributed by atoms with van der Waals surface area (Å²) in [5, 5.41) is 2.68. The summed E-state index contributed by atoms with van der Waals surface area (Å²) in [5.74, 6) is 0.245. The van der Waals surface area contributed by atoms with E-state index in [1.807, 2.05) is 109 Å². The molecule has 0 bridgehead atoms. The van der Waals surface area contributed by atoms with E-state index >= 15 is 0 Å². The van der Waals surface area contributed by atoms with Gasteiger partial charge in [-0.3, -0.25) is 4.79 Å². The van der Waals surface area contributed by atoms with E-state index in [0.29, 0.717) is 30.2 Å². The van der Waals surface area contributed by atoms with Crippen LogP contribution in [0.4, 0.5) is 0 Å². The zero-order valence-electron chi connectivity index (χ0n) is 23.4. The number of nitrogens with zero attached hydrogens (tertiary/aromatic N) is 3. The Morgan fingerprint density at radius 3 is 2.39 bits per heavy atom. The van der Waals surface area contributed by atoms with Gasteiger partial charge in [0.05, 0.1) is 30.3 Å². The number of amides is 1. The van der Waals surface area contributed by atoms with Crippen molar-refractivity contribution in [2.45, 2.75) is 39.5 Å². The van der Waals surface area contributed by atoms with E-state index in [-0.39, 0.29) is 18.9 Å². The molecule has 0 N–H and O–H groups in total. The maximum absolute atomic E-state index is 13.4. The average molecular weight is 568 g/mol. The Hall–Kier alpha value is -4.30. The van der Waals surface area contributed by atoms with Gasteiger partial charge in [0, 0.05) is 19.3 Å². The van der Waals surface area contributed by atoms with Crippen molar-refractivity contribution in [1.29, 1.82) is 0 Å². The SMILES string of the molecule is CCOC(=O)C1=C(C)N=C2SC=C(CC(=O)N(C)Cc3ccccc3)N2C1c1cccc(OCc2ccccc2)c1. The van der Waals surface area contributed by atoms with Crippen LogP contribution >= 0.6 is 11.8 Å². The quantitative estimate of drug-likeness (QED) is 0.262. The molecule has 3 aromatic rings. The van der Waals surface area contributed by atoms with E-state index in [2.05, 4.69) is 0 Å². The van der Waals surface area contributed by atoms with Gasteiger partial charge in [0.25, 0.3) is 0 Å². The van der Waals surface area contributed by atoms with E-state index in [0.717, 1.165) is 27.6 Å². The van der Waals surface area contributed by atoms with Crippen molar-refractivity contribution in [2.75, 3.05) is 13.7 Å². The molecule has 0 saturated heterocycles. The molecule has 1 unspecified atom stereocenters. The standard InChI is InChI=1S/C33H33N3O4S/c1-4-39-32(38)30-23(2)34-33-36(27(22-41-33)19-29(37)35(3)20-24-12-7-5-8-13-24)31(30)26-16-11-17-28(18-26)40-21-25-14-9-6-10-15-25/h5-18,22,31H,4,19-21H2,1-3H3. The first kappa shape index (κ1) is 28.2. The second-order valence-electron chi connectivity index (χ2n) is 9.87. The van der Waals surface area contributed by atoms with Crippen LogP contribution in [0.25, 0.3) is 0 Å². The Morgan fingerprint density at radius 1 is 0.976 bits per heavy atom. The van der Waals surface area contributed by atoms with Gasteiger partial charge in [0.1, 0.15) is 12.4 Å². The van der Waals surface area contributed by atoms with E-state index in [1.54, 1.807) is 11.8 Å². The summed E-state index contributed by atoms with van der Waals surface area (Å²) >= 11 is 1.46. The monoisotopic (exact) mass is 567 g/mol. The molecule has 2 aliphatic heterocycles. The third-order valence-corrected chi connectivity index (χ3v) is 7.83. The number of benzene rings is 3. The first-order valence-electron chi connectivity index (χ1n) is 13.6. The number of carbonyl (C=O) groups excluding carboxylic acids is 2. The second kappa shape index (κ2) is 12.9. The number of carbonyl (C=O) groups is 2. The van der Waals surface area contributed by atoms with E-state index in [1.165, 1.54) is 11.8 Å².